The van der Waals surface area contributed by atoms with Crippen LogP contribution in [-0.2, 0) is 6.54 Å². The van der Waals surface area contributed by atoms with Crippen LogP contribution >= 0.6 is 15.9 Å². The lowest BCUT2D eigenvalue weighted by Gasteiger charge is -2.11. The van der Waals surface area contributed by atoms with Crippen molar-refractivity contribution in [3.63, 3.8) is 0 Å². The standard InChI is InChI=1S/C14H20BrNO3/c1-10-11(8-16-5-3-2-4-6-17)7-12(15)14-13(10)18-9-19-14/h7,16-17H,2-6,8-9H2,1H3. The summed E-state index contributed by atoms with van der Waals surface area (Å²) in [6, 6.07) is 2.09. The highest BCUT2D eigenvalue weighted by molar-refractivity contribution is 9.10. The summed E-state index contributed by atoms with van der Waals surface area (Å²) in [6.45, 7) is 4.43. The molecule has 1 aromatic carbocycles. The van der Waals surface area contributed by atoms with Gasteiger partial charge in [0, 0.05) is 13.2 Å². The van der Waals surface area contributed by atoms with Crippen LogP contribution in [0.25, 0.3) is 0 Å². The topological polar surface area (TPSA) is 50.7 Å². The summed E-state index contributed by atoms with van der Waals surface area (Å²) in [5, 5.41) is 12.1. The van der Waals surface area contributed by atoms with Crippen LogP contribution in [-0.4, -0.2) is 25.1 Å². The summed E-state index contributed by atoms with van der Waals surface area (Å²) in [7, 11) is 0. The Labute approximate surface area is 122 Å². The highest BCUT2D eigenvalue weighted by Crippen LogP contribution is 2.43. The lowest BCUT2D eigenvalue weighted by atomic mass is 10.1. The highest BCUT2D eigenvalue weighted by atomic mass is 79.9. The van der Waals surface area contributed by atoms with Gasteiger partial charge in [0.25, 0.3) is 0 Å². The Morgan fingerprint density at radius 2 is 2.05 bits per heavy atom. The maximum Gasteiger partial charge on any atom is 0.231 e. The first-order valence-corrected chi connectivity index (χ1v) is 7.42. The molecular weight excluding hydrogens is 310 g/mol. The lowest BCUT2D eigenvalue weighted by molar-refractivity contribution is 0.173. The normalized spacial score (nSPS) is 13.0. The van der Waals surface area contributed by atoms with Gasteiger partial charge < -0.3 is 19.9 Å². The van der Waals surface area contributed by atoms with E-state index in [1.807, 2.05) is 0 Å². The second-order valence-corrected chi connectivity index (χ2v) is 5.52. The molecule has 0 fully saturated rings. The van der Waals surface area contributed by atoms with E-state index in [1.54, 1.807) is 0 Å². The summed E-state index contributed by atoms with van der Waals surface area (Å²) >= 11 is 3.51. The second kappa shape index (κ2) is 7.12. The number of hydrogen-bond acceptors (Lipinski definition) is 4. The molecule has 1 aromatic rings. The van der Waals surface area contributed by atoms with Crippen LogP contribution in [0.15, 0.2) is 10.5 Å². The second-order valence-electron chi connectivity index (χ2n) is 4.67. The van der Waals surface area contributed by atoms with Crippen molar-refractivity contribution >= 4 is 15.9 Å². The van der Waals surface area contributed by atoms with Crippen LogP contribution in [0.3, 0.4) is 0 Å². The SMILES string of the molecule is Cc1c(CNCCCCCO)cc(Br)c2c1OCO2. The van der Waals surface area contributed by atoms with Gasteiger partial charge >= 0.3 is 0 Å². The summed E-state index contributed by atoms with van der Waals surface area (Å²) in [6.07, 6.45) is 3.04. The fourth-order valence-corrected chi connectivity index (χ4v) is 2.72. The smallest absolute Gasteiger partial charge is 0.231 e. The number of hydrogen-bond donors (Lipinski definition) is 2. The molecular formula is C14H20BrNO3. The molecule has 0 saturated carbocycles. The van der Waals surface area contributed by atoms with Gasteiger partial charge in [-0.15, -0.1) is 0 Å². The number of benzene rings is 1. The first-order chi connectivity index (χ1) is 9.24. The van der Waals surface area contributed by atoms with E-state index >= 15 is 0 Å². The molecule has 0 spiro atoms. The summed E-state index contributed by atoms with van der Waals surface area (Å²) < 4.78 is 11.9. The third-order valence-corrected chi connectivity index (χ3v) is 3.87. The first-order valence-electron chi connectivity index (χ1n) is 6.63. The van der Waals surface area contributed by atoms with E-state index < -0.39 is 0 Å². The minimum Gasteiger partial charge on any atom is -0.453 e. The molecule has 1 aliphatic heterocycles. The van der Waals surface area contributed by atoms with Crippen LogP contribution in [0.5, 0.6) is 11.5 Å². The van der Waals surface area contributed by atoms with Gasteiger partial charge in [-0.3, -0.25) is 0 Å². The number of aliphatic hydroxyl groups excluding tert-OH is 1. The van der Waals surface area contributed by atoms with Gasteiger partial charge in [0.05, 0.1) is 4.47 Å². The van der Waals surface area contributed by atoms with Crippen molar-refractivity contribution in [1.82, 2.24) is 5.32 Å². The van der Waals surface area contributed by atoms with E-state index in [4.69, 9.17) is 14.6 Å². The molecule has 0 unspecified atom stereocenters. The third kappa shape index (κ3) is 3.61. The molecule has 2 rings (SSSR count). The van der Waals surface area contributed by atoms with E-state index in [1.165, 1.54) is 5.56 Å². The number of nitrogens with one attached hydrogen (secondary N) is 1. The fourth-order valence-electron chi connectivity index (χ4n) is 2.15. The van der Waals surface area contributed by atoms with E-state index in [2.05, 4.69) is 34.2 Å². The minimum absolute atomic E-state index is 0.286. The fraction of sp³-hybridized carbons (Fsp3) is 0.571. The predicted octanol–water partition coefficient (Wildman–Crippen LogP) is 2.74. The molecule has 0 saturated heterocycles. The van der Waals surface area contributed by atoms with Crippen LogP contribution in [0.1, 0.15) is 30.4 Å². The molecule has 2 N–H and O–H groups in total. The molecule has 19 heavy (non-hydrogen) atoms. The number of fused-ring (bicyclic) bond motifs is 1. The zero-order chi connectivity index (χ0) is 13.7. The van der Waals surface area contributed by atoms with Crippen molar-refractivity contribution in [1.29, 1.82) is 0 Å². The Morgan fingerprint density at radius 1 is 1.26 bits per heavy atom. The zero-order valence-corrected chi connectivity index (χ0v) is 12.8. The number of ether oxygens (including phenoxy) is 2. The number of unbranched alkanes of at least 4 members (excludes halogenated alkanes) is 2. The quantitative estimate of drug-likeness (QED) is 0.755. The molecule has 5 heteroatoms. The summed E-state index contributed by atoms with van der Waals surface area (Å²) in [5.41, 5.74) is 2.36. The molecule has 106 valence electrons. The van der Waals surface area contributed by atoms with E-state index in [0.29, 0.717) is 6.79 Å². The zero-order valence-electron chi connectivity index (χ0n) is 11.2. The van der Waals surface area contributed by atoms with E-state index in [-0.39, 0.29) is 6.61 Å². The Bertz CT molecular complexity index is 437. The van der Waals surface area contributed by atoms with Gasteiger partial charge in [0.1, 0.15) is 0 Å². The molecule has 0 radical (unpaired) electrons. The van der Waals surface area contributed by atoms with Crippen molar-refractivity contribution in [3.8, 4) is 11.5 Å². The molecule has 0 atom stereocenters. The average Bonchev–Trinajstić information content (AvgIpc) is 2.89. The van der Waals surface area contributed by atoms with Gasteiger partial charge in [-0.1, -0.05) is 0 Å². The average molecular weight is 330 g/mol. The maximum absolute atomic E-state index is 8.71. The van der Waals surface area contributed by atoms with E-state index in [9.17, 15) is 0 Å². The molecule has 1 heterocycles. The predicted molar refractivity (Wildman–Crippen MR) is 77.6 cm³/mol. The van der Waals surface area contributed by atoms with Gasteiger partial charge in [-0.2, -0.15) is 0 Å². The van der Waals surface area contributed by atoms with Crippen molar-refractivity contribution in [3.05, 3.63) is 21.7 Å². The Morgan fingerprint density at radius 3 is 2.84 bits per heavy atom. The van der Waals surface area contributed by atoms with Gasteiger partial charge in [0.2, 0.25) is 6.79 Å². The van der Waals surface area contributed by atoms with Gasteiger partial charge in [-0.05, 0) is 65.9 Å². The van der Waals surface area contributed by atoms with Crippen LogP contribution in [0.4, 0.5) is 0 Å². The van der Waals surface area contributed by atoms with Crippen LogP contribution < -0.4 is 14.8 Å². The van der Waals surface area contributed by atoms with Gasteiger partial charge in [-0.25, -0.2) is 0 Å². The highest BCUT2D eigenvalue weighted by Gasteiger charge is 2.21. The van der Waals surface area contributed by atoms with Crippen molar-refractivity contribution < 1.29 is 14.6 Å². The summed E-state index contributed by atoms with van der Waals surface area (Å²) in [5.74, 6) is 1.66. The largest absolute Gasteiger partial charge is 0.453 e. The molecule has 0 amide bonds. The monoisotopic (exact) mass is 329 g/mol. The maximum atomic E-state index is 8.71. The van der Waals surface area contributed by atoms with Crippen LogP contribution in [0.2, 0.25) is 0 Å². The van der Waals surface area contributed by atoms with Gasteiger partial charge in [0.15, 0.2) is 11.5 Å². The van der Waals surface area contributed by atoms with Crippen molar-refractivity contribution in [2.24, 2.45) is 0 Å². The number of rotatable bonds is 7. The van der Waals surface area contributed by atoms with Crippen molar-refractivity contribution in [2.75, 3.05) is 19.9 Å². The third-order valence-electron chi connectivity index (χ3n) is 3.28. The molecule has 4 nitrogen and oxygen atoms in total. The molecule has 0 bridgehead atoms. The minimum atomic E-state index is 0.286. The molecule has 0 aliphatic carbocycles. The Kier molecular flexibility index (Phi) is 5.48. The first kappa shape index (κ1) is 14.6. The van der Waals surface area contributed by atoms with Crippen molar-refractivity contribution in [2.45, 2.75) is 32.7 Å². The number of halogens is 1. The van der Waals surface area contributed by atoms with E-state index in [0.717, 1.165) is 53.9 Å². The van der Waals surface area contributed by atoms with Crippen LogP contribution in [0, 0.1) is 6.92 Å². The lowest BCUT2D eigenvalue weighted by Crippen LogP contribution is -2.15. The Hall–Kier alpha value is -0.780. The molecule has 1 aliphatic rings. The number of aliphatic hydroxyl groups is 1. The Balaban J connectivity index is 1.89. The summed E-state index contributed by atoms with van der Waals surface area (Å²) in [4.78, 5) is 0. The molecule has 0 aromatic heterocycles.